The van der Waals surface area contributed by atoms with Crippen LogP contribution in [0.25, 0.3) is 28.1 Å². The van der Waals surface area contributed by atoms with Gasteiger partial charge in [-0.2, -0.15) is 0 Å². The number of aryl methyl sites for hydroxylation is 2. The van der Waals surface area contributed by atoms with Crippen LogP contribution < -0.4 is 4.57 Å². The molecule has 0 N–H and O–H groups in total. The maximum absolute atomic E-state index is 4.32. The van der Waals surface area contributed by atoms with Crippen molar-refractivity contribution in [1.82, 2.24) is 4.98 Å². The van der Waals surface area contributed by atoms with Gasteiger partial charge in [0.1, 0.15) is 5.69 Å². The van der Waals surface area contributed by atoms with E-state index < -0.39 is 0 Å². The van der Waals surface area contributed by atoms with Gasteiger partial charge < -0.3 is 0 Å². The van der Waals surface area contributed by atoms with E-state index in [-0.39, 0.29) is 0 Å². The monoisotopic (exact) mass is 261 g/mol. The van der Waals surface area contributed by atoms with E-state index in [9.17, 15) is 0 Å². The number of aromatic nitrogens is 2. The summed E-state index contributed by atoms with van der Waals surface area (Å²) in [6, 6.07) is 14.9. The fourth-order valence-electron chi connectivity index (χ4n) is 2.58. The summed E-state index contributed by atoms with van der Waals surface area (Å²) in [5.41, 5.74) is 4.57. The van der Waals surface area contributed by atoms with Crippen LogP contribution in [0.2, 0.25) is 0 Å². The van der Waals surface area contributed by atoms with Crippen LogP contribution >= 0.6 is 0 Å². The number of rotatable bonds is 2. The van der Waals surface area contributed by atoms with Crippen LogP contribution in [0, 0.1) is 6.92 Å². The molecule has 3 rings (SSSR count). The van der Waals surface area contributed by atoms with Gasteiger partial charge >= 0.3 is 0 Å². The molecule has 2 aromatic carbocycles. The zero-order valence-electron chi connectivity index (χ0n) is 11.8. The van der Waals surface area contributed by atoms with Gasteiger partial charge in [-0.25, -0.2) is 4.57 Å². The highest BCUT2D eigenvalue weighted by atomic mass is 15.0. The largest absolute Gasteiger partial charge is 0.287 e. The van der Waals surface area contributed by atoms with Gasteiger partial charge in [-0.05, 0) is 40.4 Å². The Morgan fingerprint density at radius 2 is 1.95 bits per heavy atom. The fourth-order valence-corrected chi connectivity index (χ4v) is 2.58. The maximum Gasteiger partial charge on any atom is 0.287 e. The predicted molar refractivity (Wildman–Crippen MR) is 83.2 cm³/mol. The van der Waals surface area contributed by atoms with Crippen molar-refractivity contribution >= 4 is 16.8 Å². The highest BCUT2D eigenvalue weighted by Gasteiger charge is 2.13. The molecular weight excluding hydrogens is 244 g/mol. The molecule has 98 valence electrons. The molecule has 1 aromatic heterocycles. The first-order valence-electron chi connectivity index (χ1n) is 6.67. The van der Waals surface area contributed by atoms with Gasteiger partial charge in [0.15, 0.2) is 5.69 Å². The fraction of sp³-hybridized carbons (Fsp3) is 0.111. The lowest BCUT2D eigenvalue weighted by molar-refractivity contribution is -0.663. The average Bonchev–Trinajstić information content (AvgIpc) is 2.49. The topological polar surface area (TPSA) is 16.8 Å². The quantitative estimate of drug-likeness (QED) is 0.643. The summed E-state index contributed by atoms with van der Waals surface area (Å²) in [5, 5.41) is 2.57. The molecule has 0 fully saturated rings. The second kappa shape index (κ2) is 4.89. The van der Waals surface area contributed by atoms with Crippen molar-refractivity contribution in [1.29, 1.82) is 0 Å². The van der Waals surface area contributed by atoms with Gasteiger partial charge in [0.2, 0.25) is 0 Å². The number of hydrogen-bond donors (Lipinski definition) is 0. The van der Waals surface area contributed by atoms with Crippen LogP contribution in [0.15, 0.2) is 55.4 Å². The molecule has 0 atom stereocenters. The van der Waals surface area contributed by atoms with E-state index >= 15 is 0 Å². The molecule has 0 aliphatic rings. The van der Waals surface area contributed by atoms with Gasteiger partial charge in [0, 0.05) is 11.6 Å². The van der Waals surface area contributed by atoms with E-state index in [1.54, 1.807) is 6.08 Å². The third-order valence-corrected chi connectivity index (χ3v) is 3.73. The first-order valence-corrected chi connectivity index (χ1v) is 6.67. The second-order valence-electron chi connectivity index (χ2n) is 4.97. The Labute approximate surface area is 119 Å². The zero-order valence-corrected chi connectivity index (χ0v) is 11.8. The second-order valence-corrected chi connectivity index (χ2v) is 4.97. The molecule has 0 unspecified atom stereocenters. The van der Waals surface area contributed by atoms with Crippen molar-refractivity contribution in [3.8, 4) is 11.3 Å². The summed E-state index contributed by atoms with van der Waals surface area (Å²) in [5.74, 6) is 0. The van der Waals surface area contributed by atoms with Crippen LogP contribution in [-0.4, -0.2) is 4.98 Å². The Bertz CT molecular complexity index is 804. The van der Waals surface area contributed by atoms with E-state index in [4.69, 9.17) is 0 Å². The van der Waals surface area contributed by atoms with E-state index in [0.717, 1.165) is 11.4 Å². The molecule has 2 nitrogen and oxygen atoms in total. The molecule has 1 heterocycles. The standard InChI is InChI=1S/C18H17N2/c1-4-15-11-18(20(3)12-19-15)17-10-9-14-7-5-6-8-16(14)13(17)2/h4-12H,1H2,2-3H3/q+1. The third-order valence-electron chi connectivity index (χ3n) is 3.73. The highest BCUT2D eigenvalue weighted by molar-refractivity contribution is 5.90. The Kier molecular flexibility index (Phi) is 3.07. The highest BCUT2D eigenvalue weighted by Crippen LogP contribution is 2.27. The number of hydrogen-bond acceptors (Lipinski definition) is 1. The molecule has 0 spiro atoms. The molecule has 0 aliphatic carbocycles. The summed E-state index contributed by atoms with van der Waals surface area (Å²) in [4.78, 5) is 4.32. The minimum absolute atomic E-state index is 0.894. The Morgan fingerprint density at radius 1 is 1.15 bits per heavy atom. The van der Waals surface area contributed by atoms with E-state index in [0.29, 0.717) is 0 Å². The van der Waals surface area contributed by atoms with Gasteiger partial charge in [-0.15, -0.1) is 0 Å². The summed E-state index contributed by atoms with van der Waals surface area (Å²) < 4.78 is 2.05. The van der Waals surface area contributed by atoms with Crippen molar-refractivity contribution in [2.24, 2.45) is 7.05 Å². The number of benzene rings is 2. The first-order chi connectivity index (χ1) is 9.70. The van der Waals surface area contributed by atoms with Crippen molar-refractivity contribution in [3.63, 3.8) is 0 Å². The van der Waals surface area contributed by atoms with Crippen molar-refractivity contribution in [2.45, 2.75) is 6.92 Å². The molecule has 0 saturated heterocycles. The molecule has 3 aromatic rings. The SMILES string of the molecule is C=Cc1cc(-c2ccc3ccccc3c2C)[n+](C)cn1. The Balaban J connectivity index is 2.29. The Hall–Kier alpha value is -2.48. The molecule has 0 saturated carbocycles. The number of fused-ring (bicyclic) bond motifs is 1. The molecule has 0 radical (unpaired) electrons. The summed E-state index contributed by atoms with van der Waals surface area (Å²) in [6.45, 7) is 5.97. The van der Waals surface area contributed by atoms with Crippen LogP contribution in [0.1, 0.15) is 11.3 Å². The molecule has 0 bridgehead atoms. The first kappa shape index (κ1) is 12.5. The van der Waals surface area contributed by atoms with Gasteiger partial charge in [-0.3, -0.25) is 0 Å². The van der Waals surface area contributed by atoms with E-state index in [1.165, 1.54) is 21.9 Å². The van der Waals surface area contributed by atoms with Crippen LogP contribution in [-0.2, 0) is 7.05 Å². The van der Waals surface area contributed by atoms with Crippen molar-refractivity contribution in [3.05, 3.63) is 66.6 Å². The smallest absolute Gasteiger partial charge is 0.232 e. The average molecular weight is 261 g/mol. The van der Waals surface area contributed by atoms with Crippen LogP contribution in [0.3, 0.4) is 0 Å². The number of nitrogens with zero attached hydrogens (tertiary/aromatic N) is 2. The summed E-state index contributed by atoms with van der Waals surface area (Å²) in [7, 11) is 2.02. The minimum atomic E-state index is 0.894. The normalized spacial score (nSPS) is 10.7. The van der Waals surface area contributed by atoms with Gasteiger partial charge in [0.25, 0.3) is 6.33 Å². The van der Waals surface area contributed by atoms with Crippen LogP contribution in [0.4, 0.5) is 0 Å². The minimum Gasteiger partial charge on any atom is -0.232 e. The van der Waals surface area contributed by atoms with E-state index in [2.05, 4.69) is 61.0 Å². The molecular formula is C18H17N2+. The maximum atomic E-state index is 4.32. The molecule has 20 heavy (non-hydrogen) atoms. The molecule has 0 amide bonds. The van der Waals surface area contributed by atoms with Crippen molar-refractivity contribution < 1.29 is 4.57 Å². The lowest BCUT2D eigenvalue weighted by Crippen LogP contribution is -2.31. The zero-order chi connectivity index (χ0) is 14.1. The Morgan fingerprint density at radius 3 is 2.75 bits per heavy atom. The van der Waals surface area contributed by atoms with Gasteiger partial charge in [-0.1, -0.05) is 36.9 Å². The van der Waals surface area contributed by atoms with Gasteiger partial charge in [0.05, 0.1) is 7.05 Å². The van der Waals surface area contributed by atoms with Crippen molar-refractivity contribution in [2.75, 3.05) is 0 Å². The third kappa shape index (κ3) is 1.99. The van der Waals surface area contributed by atoms with E-state index in [1.807, 2.05) is 17.9 Å². The van der Waals surface area contributed by atoms with Crippen LogP contribution in [0.5, 0.6) is 0 Å². The summed E-state index contributed by atoms with van der Waals surface area (Å²) >= 11 is 0. The lowest BCUT2D eigenvalue weighted by atomic mass is 9.97. The lowest BCUT2D eigenvalue weighted by Gasteiger charge is -2.09. The summed E-state index contributed by atoms with van der Waals surface area (Å²) in [6.07, 6.45) is 3.61. The molecule has 2 heteroatoms. The molecule has 0 aliphatic heterocycles. The predicted octanol–water partition coefficient (Wildman–Crippen LogP) is 3.68.